The molecule has 0 spiro atoms. The number of aromatic nitrogens is 2. The van der Waals surface area contributed by atoms with Crippen molar-refractivity contribution >= 4 is 35.1 Å². The van der Waals surface area contributed by atoms with Crippen molar-refractivity contribution in [3.63, 3.8) is 0 Å². The Balaban J connectivity index is 1.48. The largest absolute Gasteiger partial charge is 0.448 e. The molecule has 1 amide bonds. The first-order valence-corrected chi connectivity index (χ1v) is 14.2. The van der Waals surface area contributed by atoms with E-state index < -0.39 is 18.9 Å². The summed E-state index contributed by atoms with van der Waals surface area (Å²) in [5.41, 5.74) is 3.01. The van der Waals surface area contributed by atoms with Crippen LogP contribution in [0, 0.1) is 0 Å². The standard InChI is InChI=1S/C27H36Cl2FN5O4/c1-3-21-25(19-6-5-18(28)15-20(19)29)31-22(4-2)26(32-21)33-23-16-35(17-24(23)38-11-7-30)27(36)39-14-10-34-8-12-37-13-9-34/h5-6,15,23-24H,3-4,7-14,16-17H2,1-2H3,(H,32,33). The van der Waals surface area contributed by atoms with Crippen LogP contribution >= 0.6 is 23.2 Å². The van der Waals surface area contributed by atoms with Gasteiger partial charge in [-0.25, -0.2) is 19.2 Å². The fourth-order valence-electron chi connectivity index (χ4n) is 4.79. The van der Waals surface area contributed by atoms with Gasteiger partial charge < -0.3 is 24.4 Å². The molecule has 2 aliphatic rings. The van der Waals surface area contributed by atoms with E-state index in [4.69, 9.17) is 47.4 Å². The monoisotopic (exact) mass is 583 g/mol. The van der Waals surface area contributed by atoms with Crippen LogP contribution in [0.5, 0.6) is 0 Å². The summed E-state index contributed by atoms with van der Waals surface area (Å²) in [6, 6.07) is 5.01. The summed E-state index contributed by atoms with van der Waals surface area (Å²) < 4.78 is 29.7. The summed E-state index contributed by atoms with van der Waals surface area (Å²) in [6.07, 6.45) is 0.418. The molecule has 2 unspecified atom stereocenters. The summed E-state index contributed by atoms with van der Waals surface area (Å²) in [4.78, 5) is 26.5. The fourth-order valence-corrected chi connectivity index (χ4v) is 5.29. The van der Waals surface area contributed by atoms with Crippen LogP contribution < -0.4 is 5.32 Å². The van der Waals surface area contributed by atoms with Crippen molar-refractivity contribution in [2.24, 2.45) is 0 Å². The fraction of sp³-hybridized carbons (Fsp3) is 0.593. The van der Waals surface area contributed by atoms with Gasteiger partial charge in [0.2, 0.25) is 0 Å². The predicted octanol–water partition coefficient (Wildman–Crippen LogP) is 4.49. The molecule has 4 rings (SSSR count). The van der Waals surface area contributed by atoms with Crippen LogP contribution in [-0.2, 0) is 27.1 Å². The Bertz CT molecular complexity index is 1120. The summed E-state index contributed by atoms with van der Waals surface area (Å²) in [6.45, 7) is 7.97. The highest BCUT2D eigenvalue weighted by molar-refractivity contribution is 6.36. The maximum absolute atomic E-state index is 13.0. The topological polar surface area (TPSA) is 89.1 Å². The molecule has 1 aromatic heterocycles. The van der Waals surface area contributed by atoms with Gasteiger partial charge in [-0.05, 0) is 31.0 Å². The first-order valence-electron chi connectivity index (χ1n) is 13.4. The molecule has 12 heteroatoms. The van der Waals surface area contributed by atoms with Gasteiger partial charge in [-0.3, -0.25) is 4.90 Å². The number of likely N-dealkylation sites (tertiary alicyclic amines) is 1. The van der Waals surface area contributed by atoms with Gasteiger partial charge in [0.05, 0.1) is 60.6 Å². The molecule has 2 atom stereocenters. The predicted molar refractivity (Wildman–Crippen MR) is 150 cm³/mol. The number of aryl methyl sites for hydroxylation is 2. The van der Waals surface area contributed by atoms with E-state index in [1.54, 1.807) is 17.0 Å². The lowest BCUT2D eigenvalue weighted by Gasteiger charge is -2.26. The average Bonchev–Trinajstić information content (AvgIpc) is 3.35. The molecule has 2 aromatic rings. The van der Waals surface area contributed by atoms with E-state index in [1.807, 2.05) is 19.9 Å². The molecule has 0 aliphatic carbocycles. The number of anilines is 1. The Labute approximate surface area is 238 Å². The zero-order valence-electron chi connectivity index (χ0n) is 22.4. The molecule has 1 aromatic carbocycles. The minimum atomic E-state index is -0.607. The van der Waals surface area contributed by atoms with Crippen LogP contribution in [0.3, 0.4) is 0 Å². The number of carbonyl (C=O) groups is 1. The van der Waals surface area contributed by atoms with Gasteiger partial charge in [0.1, 0.15) is 19.1 Å². The Morgan fingerprint density at radius 3 is 2.59 bits per heavy atom. The quantitative estimate of drug-likeness (QED) is 0.414. The number of nitrogens with one attached hydrogen (secondary N) is 1. The number of hydrogen-bond donors (Lipinski definition) is 1. The molecule has 9 nitrogen and oxygen atoms in total. The van der Waals surface area contributed by atoms with Crippen LogP contribution in [0.25, 0.3) is 11.3 Å². The number of rotatable bonds is 11. The maximum Gasteiger partial charge on any atom is 0.409 e. The summed E-state index contributed by atoms with van der Waals surface area (Å²) in [5.74, 6) is 0.615. The number of amides is 1. The molecule has 0 saturated carbocycles. The SMILES string of the molecule is CCc1nc(-c2ccc(Cl)cc2Cl)c(CC)nc1NC1CN(C(=O)OCCN2CCOCC2)CC1OCCF. The van der Waals surface area contributed by atoms with Gasteiger partial charge in [-0.1, -0.05) is 37.0 Å². The molecule has 39 heavy (non-hydrogen) atoms. The molecule has 3 heterocycles. The normalized spacial score (nSPS) is 19.9. The summed E-state index contributed by atoms with van der Waals surface area (Å²) >= 11 is 12.6. The number of hydrogen-bond acceptors (Lipinski definition) is 8. The number of halogens is 3. The average molecular weight is 585 g/mol. The third-order valence-corrected chi connectivity index (χ3v) is 7.44. The van der Waals surface area contributed by atoms with E-state index in [2.05, 4.69) is 10.2 Å². The minimum Gasteiger partial charge on any atom is -0.448 e. The highest BCUT2D eigenvalue weighted by Gasteiger charge is 2.37. The Hall–Kier alpha value is -2.24. The Morgan fingerprint density at radius 2 is 1.90 bits per heavy atom. The Kier molecular flexibility index (Phi) is 11.0. The van der Waals surface area contributed by atoms with Crippen molar-refractivity contribution in [3.8, 4) is 11.3 Å². The van der Waals surface area contributed by atoms with Crippen molar-refractivity contribution in [1.82, 2.24) is 19.8 Å². The van der Waals surface area contributed by atoms with E-state index in [0.29, 0.717) is 73.9 Å². The number of morpholine rings is 1. The molecule has 2 aliphatic heterocycles. The zero-order chi connectivity index (χ0) is 27.8. The number of ether oxygens (including phenoxy) is 3. The first-order chi connectivity index (χ1) is 18.9. The van der Waals surface area contributed by atoms with Gasteiger partial charge in [0.25, 0.3) is 0 Å². The maximum atomic E-state index is 13.0. The van der Waals surface area contributed by atoms with Crippen molar-refractivity contribution in [3.05, 3.63) is 39.6 Å². The van der Waals surface area contributed by atoms with Crippen molar-refractivity contribution < 1.29 is 23.4 Å². The van der Waals surface area contributed by atoms with E-state index in [1.165, 1.54) is 0 Å². The van der Waals surface area contributed by atoms with Gasteiger partial charge in [-0.2, -0.15) is 0 Å². The molecular weight excluding hydrogens is 548 g/mol. The van der Waals surface area contributed by atoms with Crippen molar-refractivity contribution in [2.75, 3.05) is 71.1 Å². The zero-order valence-corrected chi connectivity index (χ0v) is 23.9. The summed E-state index contributed by atoms with van der Waals surface area (Å²) in [5, 5.41) is 4.50. The second kappa shape index (κ2) is 14.4. The lowest BCUT2D eigenvalue weighted by Crippen LogP contribution is -2.39. The van der Waals surface area contributed by atoms with Crippen LogP contribution in [0.1, 0.15) is 25.2 Å². The smallest absolute Gasteiger partial charge is 0.409 e. The molecular formula is C27H36Cl2FN5O4. The van der Waals surface area contributed by atoms with Crippen LogP contribution in [0.2, 0.25) is 10.0 Å². The van der Waals surface area contributed by atoms with Gasteiger partial charge in [0, 0.05) is 36.8 Å². The summed E-state index contributed by atoms with van der Waals surface area (Å²) in [7, 11) is 0. The van der Waals surface area contributed by atoms with E-state index in [0.717, 1.165) is 30.0 Å². The second-order valence-corrected chi connectivity index (χ2v) is 10.3. The second-order valence-electron chi connectivity index (χ2n) is 9.47. The van der Waals surface area contributed by atoms with E-state index >= 15 is 0 Å². The number of nitrogens with zero attached hydrogens (tertiary/aromatic N) is 4. The molecule has 1 N–H and O–H groups in total. The van der Waals surface area contributed by atoms with Crippen LogP contribution in [0.4, 0.5) is 15.0 Å². The minimum absolute atomic E-state index is 0.0523. The molecule has 0 bridgehead atoms. The highest BCUT2D eigenvalue weighted by atomic mass is 35.5. The molecule has 0 radical (unpaired) electrons. The van der Waals surface area contributed by atoms with Crippen molar-refractivity contribution in [1.29, 1.82) is 0 Å². The third kappa shape index (κ3) is 7.70. The number of benzene rings is 1. The number of carbonyl (C=O) groups excluding carboxylic acids is 1. The highest BCUT2D eigenvalue weighted by Crippen LogP contribution is 2.33. The van der Waals surface area contributed by atoms with Gasteiger partial charge >= 0.3 is 6.09 Å². The molecule has 214 valence electrons. The number of alkyl halides is 1. The van der Waals surface area contributed by atoms with Crippen molar-refractivity contribution in [2.45, 2.75) is 38.8 Å². The Morgan fingerprint density at radius 1 is 1.13 bits per heavy atom. The molecule has 2 fully saturated rings. The lowest BCUT2D eigenvalue weighted by atomic mass is 10.1. The third-order valence-electron chi connectivity index (χ3n) is 6.89. The van der Waals surface area contributed by atoms with Gasteiger partial charge in [0.15, 0.2) is 0 Å². The van der Waals surface area contributed by atoms with Crippen LogP contribution in [0.15, 0.2) is 18.2 Å². The van der Waals surface area contributed by atoms with E-state index in [9.17, 15) is 9.18 Å². The van der Waals surface area contributed by atoms with E-state index in [-0.39, 0.29) is 12.6 Å². The van der Waals surface area contributed by atoms with Gasteiger partial charge in [-0.15, -0.1) is 0 Å². The molecule has 2 saturated heterocycles. The van der Waals surface area contributed by atoms with Crippen LogP contribution in [-0.4, -0.2) is 104 Å². The lowest BCUT2D eigenvalue weighted by molar-refractivity contribution is 0.0233. The first kappa shape index (κ1) is 29.7.